The van der Waals surface area contributed by atoms with E-state index in [0.717, 1.165) is 22.7 Å². The van der Waals surface area contributed by atoms with Crippen LogP contribution in [0.25, 0.3) is 11.3 Å². The molecule has 3 rings (SSSR count). The number of hydrogen-bond acceptors (Lipinski definition) is 4. The van der Waals surface area contributed by atoms with Gasteiger partial charge in [-0.15, -0.1) is 28.3 Å². The molecule has 2 aromatic heterocycles. The lowest BCUT2D eigenvalue weighted by Crippen LogP contribution is -2.18. The Morgan fingerprint density at radius 3 is 2.70 bits per heavy atom. The summed E-state index contributed by atoms with van der Waals surface area (Å²) in [7, 11) is 1.72. The van der Waals surface area contributed by atoms with Gasteiger partial charge in [-0.05, 0) is 17.7 Å². The molecule has 6 heteroatoms. The monoisotopic (exact) mass is 391 g/mol. The smallest absolute Gasteiger partial charge is 0.190 e. The SMILES string of the molecule is Br.COCCn1c(-c2ccccc2)csc1=Nc1cccnc1. The minimum absolute atomic E-state index is 0. The van der Waals surface area contributed by atoms with Crippen LogP contribution in [0, 0.1) is 0 Å². The molecule has 0 saturated heterocycles. The highest BCUT2D eigenvalue weighted by molar-refractivity contribution is 8.93. The highest BCUT2D eigenvalue weighted by atomic mass is 79.9. The summed E-state index contributed by atoms with van der Waals surface area (Å²) in [4.78, 5) is 9.77. The average Bonchev–Trinajstić information content (AvgIpc) is 2.97. The fraction of sp³-hybridized carbons (Fsp3) is 0.176. The van der Waals surface area contributed by atoms with Crippen LogP contribution < -0.4 is 4.80 Å². The lowest BCUT2D eigenvalue weighted by molar-refractivity contribution is 0.187. The summed E-state index contributed by atoms with van der Waals surface area (Å²) in [6, 6.07) is 14.2. The standard InChI is InChI=1S/C17H17N3OS.BrH/c1-21-11-10-20-16(14-6-3-2-4-7-14)13-22-17(20)19-15-8-5-9-18-12-15;/h2-9,12-13H,10-11H2,1H3;1H. The largest absolute Gasteiger partial charge is 0.383 e. The Morgan fingerprint density at radius 1 is 1.17 bits per heavy atom. The fourth-order valence-corrected chi connectivity index (χ4v) is 3.14. The molecule has 3 aromatic rings. The number of rotatable bonds is 5. The van der Waals surface area contributed by atoms with E-state index in [2.05, 4.69) is 27.1 Å². The van der Waals surface area contributed by atoms with Crippen molar-refractivity contribution in [1.29, 1.82) is 0 Å². The summed E-state index contributed by atoms with van der Waals surface area (Å²) < 4.78 is 7.43. The van der Waals surface area contributed by atoms with Crippen LogP contribution in [0.15, 0.2) is 65.2 Å². The lowest BCUT2D eigenvalue weighted by Gasteiger charge is -2.08. The molecule has 0 unspecified atom stereocenters. The summed E-state index contributed by atoms with van der Waals surface area (Å²) in [5.41, 5.74) is 3.20. The third-order valence-corrected chi connectivity index (χ3v) is 4.12. The number of halogens is 1. The normalized spacial score (nSPS) is 11.3. The Kier molecular flexibility index (Phi) is 6.70. The molecule has 0 bridgehead atoms. The molecule has 0 spiro atoms. The van der Waals surface area contributed by atoms with Gasteiger partial charge in [-0.25, -0.2) is 4.99 Å². The number of nitrogens with zero attached hydrogens (tertiary/aromatic N) is 3. The maximum Gasteiger partial charge on any atom is 0.190 e. The van der Waals surface area contributed by atoms with E-state index in [-0.39, 0.29) is 17.0 Å². The summed E-state index contributed by atoms with van der Waals surface area (Å²) >= 11 is 1.63. The molecule has 2 heterocycles. The number of ether oxygens (including phenoxy) is 1. The van der Waals surface area contributed by atoms with Gasteiger partial charge in [0.25, 0.3) is 0 Å². The lowest BCUT2D eigenvalue weighted by atomic mass is 10.2. The van der Waals surface area contributed by atoms with E-state index in [1.165, 1.54) is 5.56 Å². The van der Waals surface area contributed by atoms with Crippen LogP contribution in [0.4, 0.5) is 5.69 Å². The van der Waals surface area contributed by atoms with Crippen molar-refractivity contribution in [1.82, 2.24) is 9.55 Å². The maximum atomic E-state index is 5.24. The summed E-state index contributed by atoms with van der Waals surface area (Å²) in [5, 5.41) is 2.14. The average molecular weight is 392 g/mol. The predicted octanol–water partition coefficient (Wildman–Crippen LogP) is 4.07. The van der Waals surface area contributed by atoms with Crippen LogP contribution in [0.5, 0.6) is 0 Å². The molecule has 0 saturated carbocycles. The Balaban J connectivity index is 0.00000192. The van der Waals surface area contributed by atoms with Crippen molar-refractivity contribution < 1.29 is 4.74 Å². The van der Waals surface area contributed by atoms with Crippen molar-refractivity contribution in [2.24, 2.45) is 4.99 Å². The zero-order valence-electron chi connectivity index (χ0n) is 12.8. The second kappa shape index (κ2) is 8.76. The van der Waals surface area contributed by atoms with Crippen molar-refractivity contribution >= 4 is 34.0 Å². The Bertz CT molecular complexity index is 784. The van der Waals surface area contributed by atoms with Gasteiger partial charge in [-0.3, -0.25) is 4.98 Å². The fourth-order valence-electron chi connectivity index (χ4n) is 2.19. The van der Waals surface area contributed by atoms with E-state index in [0.29, 0.717) is 6.61 Å². The van der Waals surface area contributed by atoms with Crippen LogP contribution in [0.1, 0.15) is 0 Å². The minimum Gasteiger partial charge on any atom is -0.383 e. The van der Waals surface area contributed by atoms with Crippen LogP contribution in [-0.2, 0) is 11.3 Å². The van der Waals surface area contributed by atoms with Gasteiger partial charge in [-0.1, -0.05) is 30.3 Å². The quantitative estimate of drug-likeness (QED) is 0.657. The van der Waals surface area contributed by atoms with E-state index >= 15 is 0 Å². The zero-order valence-corrected chi connectivity index (χ0v) is 15.3. The van der Waals surface area contributed by atoms with Gasteiger partial charge in [-0.2, -0.15) is 0 Å². The predicted molar refractivity (Wildman–Crippen MR) is 99.4 cm³/mol. The first kappa shape index (κ1) is 17.6. The Hall–Kier alpha value is -1.76. The number of hydrogen-bond donors (Lipinski definition) is 0. The minimum atomic E-state index is 0. The molecular weight excluding hydrogens is 374 g/mol. The molecule has 0 N–H and O–H groups in total. The highest BCUT2D eigenvalue weighted by Gasteiger charge is 2.07. The van der Waals surface area contributed by atoms with E-state index in [1.807, 2.05) is 30.3 Å². The van der Waals surface area contributed by atoms with Gasteiger partial charge in [0.2, 0.25) is 0 Å². The van der Waals surface area contributed by atoms with Crippen molar-refractivity contribution in [3.05, 3.63) is 65.0 Å². The van der Waals surface area contributed by atoms with Gasteiger partial charge in [0.15, 0.2) is 4.80 Å². The van der Waals surface area contributed by atoms with Crippen molar-refractivity contribution in [3.63, 3.8) is 0 Å². The molecule has 0 aliphatic carbocycles. The summed E-state index contributed by atoms with van der Waals surface area (Å²) in [6.07, 6.45) is 3.52. The van der Waals surface area contributed by atoms with Gasteiger partial charge < -0.3 is 9.30 Å². The second-order valence-corrected chi connectivity index (χ2v) is 5.57. The molecule has 0 aliphatic rings. The molecule has 0 atom stereocenters. The third-order valence-electron chi connectivity index (χ3n) is 3.26. The van der Waals surface area contributed by atoms with Crippen molar-refractivity contribution in [3.8, 4) is 11.3 Å². The third kappa shape index (κ3) is 4.37. The number of pyridine rings is 1. The van der Waals surface area contributed by atoms with E-state index in [1.54, 1.807) is 30.8 Å². The molecule has 1 aromatic carbocycles. The highest BCUT2D eigenvalue weighted by Crippen LogP contribution is 2.20. The van der Waals surface area contributed by atoms with E-state index in [9.17, 15) is 0 Å². The topological polar surface area (TPSA) is 39.4 Å². The molecule has 23 heavy (non-hydrogen) atoms. The zero-order chi connectivity index (χ0) is 15.2. The van der Waals surface area contributed by atoms with Crippen LogP contribution in [-0.4, -0.2) is 23.3 Å². The van der Waals surface area contributed by atoms with Crippen LogP contribution in [0.2, 0.25) is 0 Å². The van der Waals surface area contributed by atoms with Gasteiger partial charge in [0.1, 0.15) is 0 Å². The number of benzene rings is 1. The first-order valence-corrected chi connectivity index (χ1v) is 7.94. The second-order valence-electron chi connectivity index (χ2n) is 4.74. The van der Waals surface area contributed by atoms with Crippen LogP contribution >= 0.6 is 28.3 Å². The molecule has 120 valence electrons. The molecule has 0 amide bonds. The van der Waals surface area contributed by atoms with Gasteiger partial charge >= 0.3 is 0 Å². The molecule has 4 nitrogen and oxygen atoms in total. The van der Waals surface area contributed by atoms with Gasteiger partial charge in [0.05, 0.1) is 24.2 Å². The number of aromatic nitrogens is 2. The maximum absolute atomic E-state index is 5.24. The first-order chi connectivity index (χ1) is 10.9. The summed E-state index contributed by atoms with van der Waals surface area (Å²) in [5.74, 6) is 0. The van der Waals surface area contributed by atoms with Crippen molar-refractivity contribution in [2.75, 3.05) is 13.7 Å². The van der Waals surface area contributed by atoms with E-state index in [4.69, 9.17) is 9.73 Å². The summed E-state index contributed by atoms with van der Waals surface area (Å²) in [6.45, 7) is 1.42. The molecular formula is C17H18BrN3OS. The number of thiazole rings is 1. The number of methoxy groups -OCH3 is 1. The van der Waals surface area contributed by atoms with Crippen LogP contribution in [0.3, 0.4) is 0 Å². The molecule has 0 fully saturated rings. The first-order valence-electron chi connectivity index (χ1n) is 7.06. The Morgan fingerprint density at radius 2 is 2.00 bits per heavy atom. The van der Waals surface area contributed by atoms with Gasteiger partial charge in [0, 0.05) is 25.2 Å². The Labute approximate surface area is 149 Å². The molecule has 0 radical (unpaired) electrons. The van der Waals surface area contributed by atoms with E-state index < -0.39 is 0 Å². The van der Waals surface area contributed by atoms with Crippen molar-refractivity contribution in [2.45, 2.75) is 6.54 Å². The molecule has 0 aliphatic heterocycles.